The van der Waals surface area contributed by atoms with Crippen molar-refractivity contribution in [3.8, 4) is 5.75 Å². The monoisotopic (exact) mass is 446 g/mol. The van der Waals surface area contributed by atoms with Crippen LogP contribution in [0.2, 0.25) is 0 Å². The minimum absolute atomic E-state index is 0.185. The van der Waals surface area contributed by atoms with Gasteiger partial charge in [-0.15, -0.1) is 0 Å². The van der Waals surface area contributed by atoms with E-state index in [-0.39, 0.29) is 29.0 Å². The summed E-state index contributed by atoms with van der Waals surface area (Å²) < 4.78 is 5.19. The molecule has 3 aromatic rings. The second-order valence-electron chi connectivity index (χ2n) is 7.28. The van der Waals surface area contributed by atoms with Crippen LogP contribution in [0, 0.1) is 13.8 Å². The van der Waals surface area contributed by atoms with Crippen molar-refractivity contribution in [1.82, 2.24) is 14.9 Å². The van der Waals surface area contributed by atoms with Gasteiger partial charge in [-0.3, -0.25) is 14.5 Å². The molecule has 1 N–H and O–H groups in total. The number of carbonyl (C=O) groups is 2. The van der Waals surface area contributed by atoms with E-state index < -0.39 is 0 Å². The third kappa shape index (κ3) is 4.65. The lowest BCUT2D eigenvalue weighted by atomic mass is 10.2. The van der Waals surface area contributed by atoms with Crippen molar-refractivity contribution in [3.05, 3.63) is 88.2 Å². The molecule has 1 aliphatic rings. The first-order chi connectivity index (χ1) is 15.4. The van der Waals surface area contributed by atoms with Gasteiger partial charge in [0.2, 0.25) is 0 Å². The minimum atomic E-state index is -0.387. The second kappa shape index (κ2) is 9.23. The number of nitrogens with zero attached hydrogens (tertiary/aromatic N) is 3. The normalized spacial score (nSPS) is 13.7. The molecule has 0 aliphatic carbocycles. The lowest BCUT2D eigenvalue weighted by Crippen LogP contribution is -2.31. The molecule has 8 heteroatoms. The summed E-state index contributed by atoms with van der Waals surface area (Å²) in [5.74, 6) is -0.0635. The first-order valence-corrected chi connectivity index (χ1v) is 10.8. The molecule has 162 valence electrons. The maximum absolute atomic E-state index is 13.3. The molecule has 0 unspecified atom stereocenters. The van der Waals surface area contributed by atoms with Crippen LogP contribution in [-0.2, 0) is 16.1 Å². The fourth-order valence-electron chi connectivity index (χ4n) is 3.32. The number of hydrogen-bond acceptors (Lipinski definition) is 7. The molecule has 0 saturated carbocycles. The predicted octanol–water partition coefficient (Wildman–Crippen LogP) is 4.09. The van der Waals surface area contributed by atoms with E-state index in [0.29, 0.717) is 16.6 Å². The molecule has 1 aliphatic heterocycles. The fourth-order valence-corrected chi connectivity index (χ4v) is 4.32. The molecular weight excluding hydrogens is 424 g/mol. The molecule has 4 rings (SSSR count). The Morgan fingerprint density at radius 1 is 0.938 bits per heavy atom. The van der Waals surface area contributed by atoms with E-state index in [4.69, 9.17) is 4.74 Å². The van der Waals surface area contributed by atoms with Crippen LogP contribution in [0.1, 0.15) is 17.0 Å². The van der Waals surface area contributed by atoms with Crippen LogP contribution >= 0.6 is 11.8 Å². The molecule has 32 heavy (non-hydrogen) atoms. The lowest BCUT2D eigenvalue weighted by Gasteiger charge is -2.15. The van der Waals surface area contributed by atoms with E-state index in [1.807, 2.05) is 50.2 Å². The number of anilines is 1. The van der Waals surface area contributed by atoms with Crippen LogP contribution in [0.4, 0.5) is 5.69 Å². The largest absolute Gasteiger partial charge is 0.497 e. The molecule has 2 heterocycles. The molecule has 0 spiro atoms. The molecule has 0 radical (unpaired) electrons. The van der Waals surface area contributed by atoms with Crippen LogP contribution in [0.25, 0.3) is 0 Å². The van der Waals surface area contributed by atoms with Gasteiger partial charge in [0.05, 0.1) is 13.7 Å². The molecule has 7 nitrogen and oxygen atoms in total. The number of amides is 2. The van der Waals surface area contributed by atoms with Gasteiger partial charge >= 0.3 is 0 Å². The van der Waals surface area contributed by atoms with E-state index in [1.54, 1.807) is 31.4 Å². The van der Waals surface area contributed by atoms with Gasteiger partial charge < -0.3 is 10.1 Å². The average molecular weight is 447 g/mol. The molecular formula is C24H22N4O3S. The Hall–Kier alpha value is -3.65. The zero-order valence-corrected chi connectivity index (χ0v) is 18.8. The summed E-state index contributed by atoms with van der Waals surface area (Å²) in [7, 11) is 1.59. The number of hydrogen-bond donors (Lipinski definition) is 1. The van der Waals surface area contributed by atoms with Crippen molar-refractivity contribution in [1.29, 1.82) is 0 Å². The van der Waals surface area contributed by atoms with E-state index in [2.05, 4.69) is 15.3 Å². The summed E-state index contributed by atoms with van der Waals surface area (Å²) in [6.45, 7) is 3.92. The summed E-state index contributed by atoms with van der Waals surface area (Å²) in [6.07, 6.45) is 0. The van der Waals surface area contributed by atoms with Crippen LogP contribution in [0.3, 0.4) is 0 Å². The molecule has 2 aromatic carbocycles. The maximum Gasteiger partial charge on any atom is 0.278 e. The Morgan fingerprint density at radius 3 is 2.22 bits per heavy atom. The topological polar surface area (TPSA) is 84.4 Å². The van der Waals surface area contributed by atoms with E-state index >= 15 is 0 Å². The zero-order valence-electron chi connectivity index (χ0n) is 18.0. The van der Waals surface area contributed by atoms with E-state index in [0.717, 1.165) is 28.7 Å². The lowest BCUT2D eigenvalue weighted by molar-refractivity contribution is -0.137. The van der Waals surface area contributed by atoms with Gasteiger partial charge in [0.25, 0.3) is 11.8 Å². The predicted molar refractivity (Wildman–Crippen MR) is 123 cm³/mol. The summed E-state index contributed by atoms with van der Waals surface area (Å²) >= 11 is 1.10. The number of carbonyl (C=O) groups excluding carboxylic acids is 2. The Balaban J connectivity index is 1.68. The summed E-state index contributed by atoms with van der Waals surface area (Å²) in [4.78, 5) is 36.9. The number of aromatic nitrogens is 2. The van der Waals surface area contributed by atoms with E-state index in [9.17, 15) is 9.59 Å². The van der Waals surface area contributed by atoms with Crippen molar-refractivity contribution in [2.75, 3.05) is 12.4 Å². The molecule has 0 saturated heterocycles. The van der Waals surface area contributed by atoms with Crippen LogP contribution in [0.15, 0.2) is 76.4 Å². The van der Waals surface area contributed by atoms with Gasteiger partial charge in [-0.05, 0) is 61.5 Å². The summed E-state index contributed by atoms with van der Waals surface area (Å²) in [6, 6.07) is 18.4. The minimum Gasteiger partial charge on any atom is -0.497 e. The smallest absolute Gasteiger partial charge is 0.278 e. The number of thioether (sulfide) groups is 1. The van der Waals surface area contributed by atoms with Crippen LogP contribution in [-0.4, -0.2) is 33.8 Å². The highest BCUT2D eigenvalue weighted by atomic mass is 32.2. The maximum atomic E-state index is 13.3. The number of nitrogens with one attached hydrogen (secondary N) is 1. The Bertz CT molecular complexity index is 1170. The molecule has 0 fully saturated rings. The number of aryl methyl sites for hydroxylation is 2. The fraction of sp³-hybridized carbons (Fsp3) is 0.167. The van der Waals surface area contributed by atoms with Crippen molar-refractivity contribution in [2.24, 2.45) is 0 Å². The average Bonchev–Trinajstić information content (AvgIpc) is 2.99. The number of imide groups is 1. The van der Waals surface area contributed by atoms with Gasteiger partial charge in [-0.25, -0.2) is 9.97 Å². The van der Waals surface area contributed by atoms with Gasteiger partial charge in [0, 0.05) is 17.1 Å². The highest BCUT2D eigenvalue weighted by molar-refractivity contribution is 8.04. The third-order valence-corrected chi connectivity index (χ3v) is 5.77. The van der Waals surface area contributed by atoms with Gasteiger partial charge in [0.15, 0.2) is 5.16 Å². The number of ether oxygens (including phenoxy) is 1. The van der Waals surface area contributed by atoms with Gasteiger partial charge in [-0.2, -0.15) is 0 Å². The first-order valence-electron chi connectivity index (χ1n) is 10.00. The first kappa shape index (κ1) is 21.6. The number of methoxy groups -OCH3 is 1. The Kier molecular flexibility index (Phi) is 6.23. The van der Waals surface area contributed by atoms with Crippen molar-refractivity contribution < 1.29 is 14.3 Å². The molecule has 2 amide bonds. The SMILES string of the molecule is COc1ccc(NC2=C(Sc3nc(C)cc(C)n3)C(=O)N(Cc3ccccc3)C2=O)cc1. The van der Waals surface area contributed by atoms with Crippen molar-refractivity contribution >= 4 is 29.3 Å². The van der Waals surface area contributed by atoms with Gasteiger partial charge in [-0.1, -0.05) is 30.3 Å². The Morgan fingerprint density at radius 2 is 1.59 bits per heavy atom. The Labute approximate surface area is 190 Å². The summed E-state index contributed by atoms with van der Waals surface area (Å²) in [5.41, 5.74) is 3.34. The summed E-state index contributed by atoms with van der Waals surface area (Å²) in [5, 5.41) is 3.55. The number of benzene rings is 2. The zero-order chi connectivity index (χ0) is 22.7. The van der Waals surface area contributed by atoms with Gasteiger partial charge in [0.1, 0.15) is 16.4 Å². The standard InChI is InChI=1S/C24H22N4O3S/c1-15-13-16(2)26-24(25-15)32-21-20(27-18-9-11-19(31-3)12-10-18)22(29)28(23(21)30)14-17-7-5-4-6-8-17/h4-13,27H,14H2,1-3H3. The highest BCUT2D eigenvalue weighted by Gasteiger charge is 2.39. The van der Waals surface area contributed by atoms with E-state index in [1.165, 1.54) is 4.90 Å². The van der Waals surface area contributed by atoms with Crippen LogP contribution in [0.5, 0.6) is 5.75 Å². The number of rotatable bonds is 7. The highest BCUT2D eigenvalue weighted by Crippen LogP contribution is 2.35. The van der Waals surface area contributed by atoms with Crippen molar-refractivity contribution in [2.45, 2.75) is 25.5 Å². The third-order valence-electron chi connectivity index (χ3n) is 4.82. The quantitative estimate of drug-likeness (QED) is 0.432. The molecule has 0 atom stereocenters. The molecule has 0 bridgehead atoms. The second-order valence-corrected chi connectivity index (χ2v) is 8.25. The molecule has 1 aromatic heterocycles. The van der Waals surface area contributed by atoms with Crippen LogP contribution < -0.4 is 10.1 Å². The van der Waals surface area contributed by atoms with Crippen molar-refractivity contribution in [3.63, 3.8) is 0 Å².